The minimum absolute atomic E-state index is 0.180. The first-order valence-electron chi connectivity index (χ1n) is 10.8. The summed E-state index contributed by atoms with van der Waals surface area (Å²) in [5.74, 6) is 1.07. The molecule has 1 N–H and O–H groups in total. The molecule has 0 bridgehead atoms. The number of allylic oxidation sites excluding steroid dienone is 1. The zero-order valence-corrected chi connectivity index (χ0v) is 20.3. The summed E-state index contributed by atoms with van der Waals surface area (Å²) < 4.78 is 5.83. The van der Waals surface area contributed by atoms with Crippen molar-refractivity contribution in [1.82, 2.24) is 20.4 Å². The number of hydrogen-bond donors (Lipinski definition) is 1. The van der Waals surface area contributed by atoms with Crippen LogP contribution in [0.3, 0.4) is 0 Å². The minimum Gasteiger partial charge on any atom is -0.351 e. The van der Waals surface area contributed by atoms with Gasteiger partial charge >= 0.3 is 0 Å². The Hall–Kier alpha value is -3.29. The van der Waals surface area contributed by atoms with Crippen molar-refractivity contribution in [2.45, 2.75) is 33.4 Å². The van der Waals surface area contributed by atoms with Gasteiger partial charge in [-0.05, 0) is 61.1 Å². The Balaban J connectivity index is 1.62. The molecular weight excluding hydrogens is 448 g/mol. The standard InChI is InChI=1S/C26H24N4OS2/c1-16-11-12-20(14-17(16)2)23-22(25-28-24(29-31-25)19-8-5-4-6-9-19)18(3)30(26(32)27-23)15-21-10-7-13-33-21/h4-14,23H,15H2,1-3H3,(H,27,32). The lowest BCUT2D eigenvalue weighted by Crippen LogP contribution is -2.45. The maximum absolute atomic E-state index is 5.83. The molecule has 7 heteroatoms. The van der Waals surface area contributed by atoms with Crippen molar-refractivity contribution in [3.63, 3.8) is 0 Å². The number of hydrogen-bond acceptors (Lipinski definition) is 5. The van der Waals surface area contributed by atoms with Crippen LogP contribution in [0.4, 0.5) is 0 Å². The molecule has 1 unspecified atom stereocenters. The first-order valence-corrected chi connectivity index (χ1v) is 12.1. The van der Waals surface area contributed by atoms with Gasteiger partial charge in [-0.1, -0.05) is 59.8 Å². The van der Waals surface area contributed by atoms with Gasteiger partial charge in [0.1, 0.15) is 0 Å². The predicted octanol–water partition coefficient (Wildman–Crippen LogP) is 6.28. The molecule has 0 amide bonds. The van der Waals surface area contributed by atoms with Gasteiger partial charge in [-0.3, -0.25) is 0 Å². The van der Waals surface area contributed by atoms with E-state index in [2.05, 4.69) is 71.9 Å². The van der Waals surface area contributed by atoms with Crippen LogP contribution in [-0.4, -0.2) is 20.2 Å². The monoisotopic (exact) mass is 472 g/mol. The van der Waals surface area contributed by atoms with Gasteiger partial charge in [0, 0.05) is 16.1 Å². The van der Waals surface area contributed by atoms with Crippen molar-refractivity contribution >= 4 is 34.2 Å². The molecule has 166 valence electrons. The summed E-state index contributed by atoms with van der Waals surface area (Å²) in [6, 6.07) is 20.4. The van der Waals surface area contributed by atoms with Crippen molar-refractivity contribution in [1.29, 1.82) is 0 Å². The first-order chi connectivity index (χ1) is 16.0. The van der Waals surface area contributed by atoms with Crippen LogP contribution in [0.15, 0.2) is 76.3 Å². The second kappa shape index (κ2) is 8.92. The largest absolute Gasteiger partial charge is 0.351 e. The number of nitrogens with zero attached hydrogens (tertiary/aromatic N) is 3. The molecule has 2 aromatic heterocycles. The van der Waals surface area contributed by atoms with E-state index in [0.29, 0.717) is 23.4 Å². The fourth-order valence-corrected chi connectivity index (χ4v) is 5.05. The highest BCUT2D eigenvalue weighted by molar-refractivity contribution is 7.80. The maximum Gasteiger partial charge on any atom is 0.258 e. The molecule has 1 aliphatic heterocycles. The highest BCUT2D eigenvalue weighted by atomic mass is 32.1. The number of aromatic nitrogens is 2. The van der Waals surface area contributed by atoms with Crippen LogP contribution in [0.2, 0.25) is 0 Å². The van der Waals surface area contributed by atoms with Gasteiger partial charge in [0.05, 0.1) is 18.2 Å². The van der Waals surface area contributed by atoms with E-state index in [1.807, 2.05) is 30.3 Å². The van der Waals surface area contributed by atoms with Crippen molar-refractivity contribution in [3.8, 4) is 11.4 Å². The molecule has 0 fully saturated rings. The summed E-state index contributed by atoms with van der Waals surface area (Å²) in [6.45, 7) is 7.02. The van der Waals surface area contributed by atoms with E-state index in [1.165, 1.54) is 16.0 Å². The highest BCUT2D eigenvalue weighted by Gasteiger charge is 2.34. The summed E-state index contributed by atoms with van der Waals surface area (Å²) in [7, 11) is 0. The third-order valence-electron chi connectivity index (χ3n) is 6.04. The van der Waals surface area contributed by atoms with Crippen LogP contribution in [0.25, 0.3) is 17.0 Å². The Morgan fingerprint density at radius 1 is 1.03 bits per heavy atom. The summed E-state index contributed by atoms with van der Waals surface area (Å²) in [4.78, 5) is 8.13. The van der Waals surface area contributed by atoms with Crippen LogP contribution in [0.5, 0.6) is 0 Å². The quantitative estimate of drug-likeness (QED) is 0.345. The highest BCUT2D eigenvalue weighted by Crippen LogP contribution is 2.38. The molecule has 1 aliphatic rings. The molecule has 0 saturated heterocycles. The second-order valence-electron chi connectivity index (χ2n) is 8.18. The number of benzene rings is 2. The number of aryl methyl sites for hydroxylation is 2. The van der Waals surface area contributed by atoms with E-state index in [9.17, 15) is 0 Å². The smallest absolute Gasteiger partial charge is 0.258 e. The first kappa shape index (κ1) is 21.6. The Labute approximate surface area is 202 Å². The van der Waals surface area contributed by atoms with Gasteiger partial charge in [0.2, 0.25) is 5.82 Å². The maximum atomic E-state index is 5.83. The average molecular weight is 473 g/mol. The average Bonchev–Trinajstić information content (AvgIpc) is 3.51. The zero-order chi connectivity index (χ0) is 22.9. The van der Waals surface area contributed by atoms with Gasteiger partial charge in [-0.2, -0.15) is 4.98 Å². The normalized spacial score (nSPS) is 16.3. The lowest BCUT2D eigenvalue weighted by Gasteiger charge is -2.37. The van der Waals surface area contributed by atoms with Gasteiger partial charge in [-0.15, -0.1) is 11.3 Å². The molecule has 3 heterocycles. The Kier molecular flexibility index (Phi) is 5.83. The summed E-state index contributed by atoms with van der Waals surface area (Å²) in [5, 5.41) is 10.6. The molecule has 0 radical (unpaired) electrons. The molecule has 1 atom stereocenters. The van der Waals surface area contributed by atoms with Crippen LogP contribution < -0.4 is 5.32 Å². The Morgan fingerprint density at radius 3 is 2.58 bits per heavy atom. The molecule has 5 nitrogen and oxygen atoms in total. The van der Waals surface area contributed by atoms with Gasteiger partial charge in [0.25, 0.3) is 5.89 Å². The second-order valence-corrected chi connectivity index (χ2v) is 9.60. The predicted molar refractivity (Wildman–Crippen MR) is 137 cm³/mol. The molecule has 0 saturated carbocycles. The van der Waals surface area contributed by atoms with E-state index in [4.69, 9.17) is 21.7 Å². The fourth-order valence-electron chi connectivity index (χ4n) is 4.04. The third kappa shape index (κ3) is 4.21. The molecule has 5 rings (SSSR count). The van der Waals surface area contributed by atoms with Crippen molar-refractivity contribution in [2.75, 3.05) is 0 Å². The summed E-state index contributed by atoms with van der Waals surface area (Å²) in [6.07, 6.45) is 0. The molecule has 0 aliphatic carbocycles. The number of rotatable bonds is 5. The van der Waals surface area contributed by atoms with Crippen LogP contribution >= 0.6 is 23.6 Å². The lowest BCUT2D eigenvalue weighted by molar-refractivity contribution is 0.396. The third-order valence-corrected chi connectivity index (χ3v) is 7.24. The van der Waals surface area contributed by atoms with Crippen LogP contribution in [-0.2, 0) is 6.54 Å². The number of thiocarbonyl (C=S) groups is 1. The molecule has 2 aromatic carbocycles. The van der Waals surface area contributed by atoms with E-state index in [0.717, 1.165) is 22.4 Å². The van der Waals surface area contributed by atoms with Crippen LogP contribution in [0.1, 0.15) is 40.4 Å². The summed E-state index contributed by atoms with van der Waals surface area (Å²) in [5.41, 5.74) is 6.47. The summed E-state index contributed by atoms with van der Waals surface area (Å²) >= 11 is 7.53. The zero-order valence-electron chi connectivity index (χ0n) is 18.7. The Morgan fingerprint density at radius 2 is 1.85 bits per heavy atom. The molecular formula is C26H24N4OS2. The minimum atomic E-state index is -0.180. The van der Waals surface area contributed by atoms with E-state index >= 15 is 0 Å². The SMILES string of the molecule is CC1=C(c2nc(-c3ccccc3)no2)C(c2ccc(C)c(C)c2)NC(=S)N1Cc1cccs1. The van der Waals surface area contributed by atoms with Gasteiger partial charge < -0.3 is 14.7 Å². The number of nitrogens with one attached hydrogen (secondary N) is 1. The molecule has 33 heavy (non-hydrogen) atoms. The van der Waals surface area contributed by atoms with Crippen molar-refractivity contribution < 1.29 is 4.52 Å². The van der Waals surface area contributed by atoms with Gasteiger partial charge in [-0.25, -0.2) is 0 Å². The van der Waals surface area contributed by atoms with E-state index < -0.39 is 0 Å². The molecule has 0 spiro atoms. The Bertz CT molecular complexity index is 1330. The van der Waals surface area contributed by atoms with Crippen molar-refractivity contribution in [3.05, 3.63) is 99.2 Å². The van der Waals surface area contributed by atoms with E-state index in [-0.39, 0.29) is 6.04 Å². The lowest BCUT2D eigenvalue weighted by atomic mass is 9.92. The van der Waals surface area contributed by atoms with Crippen molar-refractivity contribution in [2.24, 2.45) is 0 Å². The van der Waals surface area contributed by atoms with Crippen LogP contribution in [0, 0.1) is 13.8 Å². The van der Waals surface area contributed by atoms with E-state index in [1.54, 1.807) is 11.3 Å². The number of thiophene rings is 1. The van der Waals surface area contributed by atoms with Gasteiger partial charge in [0.15, 0.2) is 5.11 Å². The molecule has 4 aromatic rings. The topological polar surface area (TPSA) is 54.2 Å². The fraction of sp³-hybridized carbons (Fsp3) is 0.192.